The lowest BCUT2D eigenvalue weighted by Gasteiger charge is -2.11. The molecule has 5 heteroatoms. The van der Waals surface area contributed by atoms with E-state index in [0.29, 0.717) is 16.8 Å². The number of hydrazone groups is 1. The SMILES string of the molecule is Cc1ccccc1C(=O)Nc1ccccc1C(=O)NN=Cc1cccc2ccccc12. The molecule has 152 valence electrons. The molecule has 2 N–H and O–H groups in total. The first-order chi connectivity index (χ1) is 15.1. The smallest absolute Gasteiger partial charge is 0.273 e. The zero-order valence-corrected chi connectivity index (χ0v) is 17.0. The molecule has 5 nitrogen and oxygen atoms in total. The molecule has 0 aromatic heterocycles. The minimum atomic E-state index is -0.405. The van der Waals surface area contributed by atoms with Crippen molar-refractivity contribution >= 4 is 34.5 Å². The summed E-state index contributed by atoms with van der Waals surface area (Å²) in [6.45, 7) is 1.87. The number of hydrogen-bond acceptors (Lipinski definition) is 3. The summed E-state index contributed by atoms with van der Waals surface area (Å²) in [6, 6.07) is 28.1. The Bertz CT molecular complexity index is 1290. The Morgan fingerprint density at radius 2 is 1.42 bits per heavy atom. The number of hydrogen-bond donors (Lipinski definition) is 2. The van der Waals surface area contributed by atoms with Crippen LogP contribution in [-0.2, 0) is 0 Å². The average molecular weight is 407 g/mol. The normalized spacial score (nSPS) is 10.9. The molecule has 0 aliphatic rings. The highest BCUT2D eigenvalue weighted by Crippen LogP contribution is 2.18. The first-order valence-corrected chi connectivity index (χ1v) is 9.90. The van der Waals surface area contributed by atoms with Crippen molar-refractivity contribution in [2.75, 3.05) is 5.32 Å². The van der Waals surface area contributed by atoms with E-state index < -0.39 is 5.91 Å². The highest BCUT2D eigenvalue weighted by atomic mass is 16.2. The Morgan fingerprint density at radius 1 is 0.742 bits per heavy atom. The van der Waals surface area contributed by atoms with Crippen molar-refractivity contribution in [2.24, 2.45) is 5.10 Å². The third-order valence-electron chi connectivity index (χ3n) is 5.00. The minimum absolute atomic E-state index is 0.266. The van der Waals surface area contributed by atoms with E-state index in [-0.39, 0.29) is 5.91 Å². The molecule has 4 rings (SSSR count). The molecule has 4 aromatic rings. The van der Waals surface area contributed by atoms with Crippen molar-refractivity contribution in [3.63, 3.8) is 0 Å². The van der Waals surface area contributed by atoms with Crippen molar-refractivity contribution in [1.29, 1.82) is 0 Å². The maximum absolute atomic E-state index is 12.7. The number of nitrogens with one attached hydrogen (secondary N) is 2. The van der Waals surface area contributed by atoms with Gasteiger partial charge in [-0.15, -0.1) is 0 Å². The van der Waals surface area contributed by atoms with Crippen LogP contribution in [0.1, 0.15) is 31.8 Å². The lowest BCUT2D eigenvalue weighted by Crippen LogP contribution is -2.21. The first-order valence-electron chi connectivity index (χ1n) is 9.90. The van der Waals surface area contributed by atoms with Gasteiger partial charge < -0.3 is 5.32 Å². The molecule has 0 heterocycles. The first kappa shape index (κ1) is 20.0. The number of para-hydroxylation sites is 1. The van der Waals surface area contributed by atoms with E-state index in [9.17, 15) is 9.59 Å². The zero-order chi connectivity index (χ0) is 21.6. The van der Waals surface area contributed by atoms with Crippen LogP contribution in [0.2, 0.25) is 0 Å². The lowest BCUT2D eigenvalue weighted by molar-refractivity contribution is 0.0956. The molecule has 2 amide bonds. The number of carbonyl (C=O) groups excluding carboxylic acids is 2. The molecule has 31 heavy (non-hydrogen) atoms. The number of carbonyl (C=O) groups is 2. The topological polar surface area (TPSA) is 70.6 Å². The summed E-state index contributed by atoms with van der Waals surface area (Å²) in [5.74, 6) is -0.672. The van der Waals surface area contributed by atoms with Gasteiger partial charge in [0.15, 0.2) is 0 Å². The van der Waals surface area contributed by atoms with Crippen LogP contribution >= 0.6 is 0 Å². The van der Waals surface area contributed by atoms with E-state index in [1.807, 2.05) is 67.6 Å². The van der Waals surface area contributed by atoms with Gasteiger partial charge in [-0.3, -0.25) is 9.59 Å². The second-order valence-electron chi connectivity index (χ2n) is 7.08. The summed E-state index contributed by atoms with van der Waals surface area (Å²) in [7, 11) is 0. The van der Waals surface area contributed by atoms with Crippen LogP contribution in [0.5, 0.6) is 0 Å². The summed E-state index contributed by atoms with van der Waals surface area (Å²) in [5, 5.41) is 9.10. The van der Waals surface area contributed by atoms with Gasteiger partial charge in [-0.05, 0) is 41.5 Å². The fourth-order valence-corrected chi connectivity index (χ4v) is 3.39. The predicted molar refractivity (Wildman–Crippen MR) is 125 cm³/mol. The summed E-state index contributed by atoms with van der Waals surface area (Å²) < 4.78 is 0. The molecule has 0 spiro atoms. The molecule has 0 radical (unpaired) electrons. The fraction of sp³-hybridized carbons (Fsp3) is 0.0385. The van der Waals surface area contributed by atoms with Crippen LogP contribution in [0.15, 0.2) is 96.1 Å². The average Bonchev–Trinajstić information content (AvgIpc) is 2.80. The van der Waals surface area contributed by atoms with Crippen LogP contribution in [0.4, 0.5) is 5.69 Å². The van der Waals surface area contributed by atoms with Crippen LogP contribution in [0.25, 0.3) is 10.8 Å². The molecule has 0 atom stereocenters. The lowest BCUT2D eigenvalue weighted by atomic mass is 10.1. The van der Waals surface area contributed by atoms with Gasteiger partial charge in [0.1, 0.15) is 0 Å². The third-order valence-corrected chi connectivity index (χ3v) is 5.00. The maximum Gasteiger partial charge on any atom is 0.273 e. The largest absolute Gasteiger partial charge is 0.321 e. The summed E-state index contributed by atoms with van der Waals surface area (Å²) >= 11 is 0. The van der Waals surface area contributed by atoms with Gasteiger partial charge in [0.05, 0.1) is 17.5 Å². The van der Waals surface area contributed by atoms with E-state index in [0.717, 1.165) is 21.9 Å². The van der Waals surface area contributed by atoms with Gasteiger partial charge in [-0.1, -0.05) is 72.8 Å². The molecule has 0 saturated carbocycles. The highest BCUT2D eigenvalue weighted by molar-refractivity contribution is 6.09. The standard InChI is InChI=1S/C26H21N3O2/c1-18-9-2-4-13-21(18)25(30)28-24-16-7-6-15-23(24)26(31)29-27-17-20-12-8-11-19-10-3-5-14-22(19)20/h2-17H,1H3,(H,28,30)(H,29,31). The summed E-state index contributed by atoms with van der Waals surface area (Å²) in [6.07, 6.45) is 1.62. The quantitative estimate of drug-likeness (QED) is 0.354. The monoisotopic (exact) mass is 407 g/mol. The van der Waals surface area contributed by atoms with Gasteiger partial charge in [0.2, 0.25) is 0 Å². The van der Waals surface area contributed by atoms with E-state index in [4.69, 9.17) is 0 Å². The Labute approximate surface area is 180 Å². The van der Waals surface area contributed by atoms with Crippen LogP contribution in [0, 0.1) is 6.92 Å². The molecule has 4 aromatic carbocycles. The number of aryl methyl sites for hydroxylation is 1. The highest BCUT2D eigenvalue weighted by Gasteiger charge is 2.14. The van der Waals surface area contributed by atoms with Crippen molar-refractivity contribution in [3.05, 3.63) is 113 Å². The van der Waals surface area contributed by atoms with Crippen molar-refractivity contribution in [2.45, 2.75) is 6.92 Å². The summed E-state index contributed by atoms with van der Waals surface area (Å²) in [5.41, 5.74) is 5.64. The van der Waals surface area contributed by atoms with Gasteiger partial charge in [0.25, 0.3) is 11.8 Å². The molecule has 0 aliphatic carbocycles. The number of nitrogens with zero attached hydrogens (tertiary/aromatic N) is 1. The Balaban J connectivity index is 1.51. The second kappa shape index (κ2) is 9.05. The van der Waals surface area contributed by atoms with Crippen molar-refractivity contribution in [1.82, 2.24) is 5.43 Å². The van der Waals surface area contributed by atoms with Gasteiger partial charge >= 0.3 is 0 Å². The van der Waals surface area contributed by atoms with E-state index >= 15 is 0 Å². The summed E-state index contributed by atoms with van der Waals surface area (Å²) in [4.78, 5) is 25.4. The number of anilines is 1. The molecule has 0 unspecified atom stereocenters. The van der Waals surface area contributed by atoms with Crippen LogP contribution in [0.3, 0.4) is 0 Å². The van der Waals surface area contributed by atoms with Gasteiger partial charge in [0, 0.05) is 11.1 Å². The van der Waals surface area contributed by atoms with Gasteiger partial charge in [-0.2, -0.15) is 5.10 Å². The van der Waals surface area contributed by atoms with Crippen molar-refractivity contribution in [3.8, 4) is 0 Å². The molecule has 0 aliphatic heterocycles. The molecule has 0 saturated heterocycles. The van der Waals surface area contributed by atoms with Crippen molar-refractivity contribution < 1.29 is 9.59 Å². The Hall–Kier alpha value is -4.25. The molecule has 0 bridgehead atoms. The maximum atomic E-state index is 12.7. The van der Waals surface area contributed by atoms with E-state index in [2.05, 4.69) is 15.8 Å². The van der Waals surface area contributed by atoms with Gasteiger partial charge in [-0.25, -0.2) is 5.43 Å². The van der Waals surface area contributed by atoms with E-state index in [1.54, 1.807) is 36.5 Å². The van der Waals surface area contributed by atoms with E-state index in [1.165, 1.54) is 0 Å². The molecular formula is C26H21N3O2. The van der Waals surface area contributed by atoms with Crippen LogP contribution < -0.4 is 10.7 Å². The number of rotatable bonds is 5. The van der Waals surface area contributed by atoms with Crippen LogP contribution in [-0.4, -0.2) is 18.0 Å². The minimum Gasteiger partial charge on any atom is -0.321 e. The molecule has 0 fully saturated rings. The second-order valence-corrected chi connectivity index (χ2v) is 7.08. The number of amides is 2. The Morgan fingerprint density at radius 3 is 2.26 bits per heavy atom. The number of benzene rings is 4. The predicted octanol–water partition coefficient (Wildman–Crippen LogP) is 5.16. The Kier molecular flexibility index (Phi) is 5.85. The zero-order valence-electron chi connectivity index (χ0n) is 17.0. The number of fused-ring (bicyclic) bond motifs is 1. The fourth-order valence-electron chi connectivity index (χ4n) is 3.39. The molecular weight excluding hydrogens is 386 g/mol. The third kappa shape index (κ3) is 4.51.